The van der Waals surface area contributed by atoms with Crippen LogP contribution in [0.15, 0.2) is 42.5 Å². The molecule has 2 aromatic rings. The number of nitrogens with one attached hydrogen (secondary N) is 1. The number of nitrogens with zero attached hydrogens (tertiary/aromatic N) is 1. The highest BCUT2D eigenvalue weighted by atomic mass is 32.2. The maximum Gasteiger partial charge on any atom is 0.253 e. The second-order valence-electron chi connectivity index (χ2n) is 6.19. The number of ether oxygens (including phenoxy) is 1. The van der Waals surface area contributed by atoms with Gasteiger partial charge in [0.15, 0.2) is 0 Å². The van der Waals surface area contributed by atoms with Gasteiger partial charge in [0.25, 0.3) is 5.91 Å². The van der Waals surface area contributed by atoms with Crippen molar-refractivity contribution in [3.05, 3.63) is 59.2 Å². The molecule has 1 atom stereocenters. The van der Waals surface area contributed by atoms with Gasteiger partial charge in [-0.2, -0.15) is 0 Å². The largest absolute Gasteiger partial charge is 0.496 e. The summed E-state index contributed by atoms with van der Waals surface area (Å²) in [5.74, 6) is 0.331. The molecule has 0 saturated heterocycles. The third-order valence-corrected chi connectivity index (χ3v) is 5.38. The lowest BCUT2D eigenvalue weighted by molar-refractivity contribution is 0.0940. The van der Waals surface area contributed by atoms with E-state index in [1.807, 2.05) is 32.0 Å². The van der Waals surface area contributed by atoms with Gasteiger partial charge in [0.05, 0.1) is 30.7 Å². The lowest BCUT2D eigenvalue weighted by Gasteiger charge is -2.22. The zero-order valence-electron chi connectivity index (χ0n) is 15.6. The standard InChI is InChI=1S/C19H24N2O4S/c1-13-10-11-18(25-4)16(12-13)14(2)20-19(22)15-8-6-7-9-17(15)21(3)26(5,23)24/h6-12,14H,1-5H3,(H,20,22). The Morgan fingerprint density at radius 3 is 2.46 bits per heavy atom. The molecule has 6 nitrogen and oxygen atoms in total. The van der Waals surface area contributed by atoms with Crippen LogP contribution in [0.2, 0.25) is 0 Å². The molecule has 1 N–H and O–H groups in total. The van der Waals surface area contributed by atoms with Gasteiger partial charge in [0.1, 0.15) is 5.75 Å². The van der Waals surface area contributed by atoms with E-state index in [4.69, 9.17) is 4.74 Å². The van der Waals surface area contributed by atoms with E-state index >= 15 is 0 Å². The minimum absolute atomic E-state index is 0.291. The number of methoxy groups -OCH3 is 1. The van der Waals surface area contributed by atoms with E-state index < -0.39 is 10.0 Å². The van der Waals surface area contributed by atoms with E-state index in [-0.39, 0.29) is 11.9 Å². The zero-order valence-corrected chi connectivity index (χ0v) is 16.4. The van der Waals surface area contributed by atoms with Crippen molar-refractivity contribution < 1.29 is 17.9 Å². The van der Waals surface area contributed by atoms with Crippen molar-refractivity contribution in [3.63, 3.8) is 0 Å². The van der Waals surface area contributed by atoms with Crippen molar-refractivity contribution >= 4 is 21.6 Å². The molecule has 0 radical (unpaired) electrons. The zero-order chi connectivity index (χ0) is 19.5. The number of aryl methyl sites for hydroxylation is 1. The molecule has 7 heteroatoms. The Hall–Kier alpha value is -2.54. The molecule has 0 heterocycles. The number of hydrogen-bond acceptors (Lipinski definition) is 4. The molecule has 0 bridgehead atoms. The number of carbonyl (C=O) groups is 1. The normalized spacial score (nSPS) is 12.3. The van der Waals surface area contributed by atoms with Crippen LogP contribution in [0.3, 0.4) is 0 Å². The van der Waals surface area contributed by atoms with Gasteiger partial charge in [0, 0.05) is 12.6 Å². The van der Waals surface area contributed by atoms with Gasteiger partial charge in [-0.05, 0) is 32.0 Å². The summed E-state index contributed by atoms with van der Waals surface area (Å²) >= 11 is 0. The number of amides is 1. The van der Waals surface area contributed by atoms with E-state index in [1.165, 1.54) is 7.05 Å². The third kappa shape index (κ3) is 4.35. The lowest BCUT2D eigenvalue weighted by atomic mass is 10.0. The first-order valence-corrected chi connectivity index (χ1v) is 9.98. The summed E-state index contributed by atoms with van der Waals surface area (Å²) in [7, 11) is -0.468. The second-order valence-corrected chi connectivity index (χ2v) is 8.20. The fourth-order valence-corrected chi connectivity index (χ4v) is 3.18. The number of carbonyl (C=O) groups excluding carboxylic acids is 1. The van der Waals surface area contributed by atoms with Crippen LogP contribution in [-0.2, 0) is 10.0 Å². The van der Waals surface area contributed by atoms with Crippen LogP contribution in [0.5, 0.6) is 5.75 Å². The van der Waals surface area contributed by atoms with Crippen molar-refractivity contribution in [2.45, 2.75) is 19.9 Å². The van der Waals surface area contributed by atoms with Gasteiger partial charge in [-0.3, -0.25) is 9.10 Å². The summed E-state index contributed by atoms with van der Waals surface area (Å²) in [6.07, 6.45) is 1.10. The molecule has 0 aliphatic heterocycles. The van der Waals surface area contributed by atoms with Crippen LogP contribution in [0.1, 0.15) is 34.5 Å². The number of para-hydroxylation sites is 1. The Balaban J connectivity index is 2.33. The van der Waals surface area contributed by atoms with Crippen molar-refractivity contribution in [1.29, 1.82) is 0 Å². The molecule has 0 spiro atoms. The first-order chi connectivity index (χ1) is 12.1. The smallest absolute Gasteiger partial charge is 0.253 e. The predicted molar refractivity (Wildman–Crippen MR) is 103 cm³/mol. The highest BCUT2D eigenvalue weighted by molar-refractivity contribution is 7.92. The molecule has 0 aliphatic carbocycles. The summed E-state index contributed by atoms with van der Waals surface area (Å²) in [4.78, 5) is 12.8. The van der Waals surface area contributed by atoms with Crippen molar-refractivity contribution in [3.8, 4) is 5.75 Å². The molecule has 0 aliphatic rings. The number of hydrogen-bond donors (Lipinski definition) is 1. The van der Waals surface area contributed by atoms with Gasteiger partial charge in [-0.15, -0.1) is 0 Å². The molecule has 1 amide bonds. The number of sulfonamides is 1. The van der Waals surface area contributed by atoms with Gasteiger partial charge in [0.2, 0.25) is 10.0 Å². The van der Waals surface area contributed by atoms with Crippen LogP contribution in [0.25, 0.3) is 0 Å². The molecule has 1 unspecified atom stereocenters. The summed E-state index contributed by atoms with van der Waals surface area (Å²) in [5, 5.41) is 2.92. The predicted octanol–water partition coefficient (Wildman–Crippen LogP) is 2.89. The number of rotatable bonds is 6. The molecule has 0 saturated carbocycles. The number of benzene rings is 2. The van der Waals surface area contributed by atoms with E-state index in [0.29, 0.717) is 17.0 Å². The molecular weight excluding hydrogens is 352 g/mol. The fourth-order valence-electron chi connectivity index (χ4n) is 2.66. The Kier molecular flexibility index (Phi) is 5.92. The molecule has 0 aromatic heterocycles. The summed E-state index contributed by atoms with van der Waals surface area (Å²) in [5.41, 5.74) is 2.53. The Morgan fingerprint density at radius 1 is 1.19 bits per heavy atom. The molecule has 2 rings (SSSR count). The third-order valence-electron chi connectivity index (χ3n) is 4.18. The van der Waals surface area contributed by atoms with E-state index in [0.717, 1.165) is 21.7 Å². The molecule has 140 valence electrons. The highest BCUT2D eigenvalue weighted by Gasteiger charge is 2.21. The van der Waals surface area contributed by atoms with Crippen molar-refractivity contribution in [2.24, 2.45) is 0 Å². The number of anilines is 1. The van der Waals surface area contributed by atoms with Crippen LogP contribution >= 0.6 is 0 Å². The molecular formula is C19H24N2O4S. The maximum atomic E-state index is 12.8. The monoisotopic (exact) mass is 376 g/mol. The average Bonchev–Trinajstić information content (AvgIpc) is 2.60. The maximum absolute atomic E-state index is 12.8. The first kappa shape index (κ1) is 19.8. The van der Waals surface area contributed by atoms with E-state index in [1.54, 1.807) is 31.4 Å². The Labute approximate surface area is 154 Å². The summed E-state index contributed by atoms with van der Waals surface area (Å²) < 4.78 is 30.2. The first-order valence-electron chi connectivity index (χ1n) is 8.13. The summed E-state index contributed by atoms with van der Waals surface area (Å²) in [6, 6.07) is 12.0. The quantitative estimate of drug-likeness (QED) is 0.841. The SMILES string of the molecule is COc1ccc(C)cc1C(C)NC(=O)c1ccccc1N(C)S(C)(=O)=O. The lowest BCUT2D eigenvalue weighted by Crippen LogP contribution is -2.31. The minimum atomic E-state index is -3.48. The van der Waals surface area contributed by atoms with Crippen molar-refractivity contribution in [1.82, 2.24) is 5.32 Å². The van der Waals surface area contributed by atoms with E-state index in [9.17, 15) is 13.2 Å². The average molecular weight is 376 g/mol. The van der Waals surface area contributed by atoms with Gasteiger partial charge < -0.3 is 10.1 Å². The second kappa shape index (κ2) is 7.78. The Morgan fingerprint density at radius 2 is 1.85 bits per heavy atom. The van der Waals surface area contributed by atoms with Crippen LogP contribution in [0.4, 0.5) is 5.69 Å². The minimum Gasteiger partial charge on any atom is -0.496 e. The van der Waals surface area contributed by atoms with Crippen molar-refractivity contribution in [2.75, 3.05) is 24.7 Å². The Bertz CT molecular complexity index is 910. The van der Waals surface area contributed by atoms with Crippen LogP contribution < -0.4 is 14.4 Å². The molecule has 0 fully saturated rings. The van der Waals surface area contributed by atoms with E-state index in [2.05, 4.69) is 5.32 Å². The highest BCUT2D eigenvalue weighted by Crippen LogP contribution is 2.27. The van der Waals surface area contributed by atoms with Gasteiger partial charge >= 0.3 is 0 Å². The fraction of sp³-hybridized carbons (Fsp3) is 0.316. The topological polar surface area (TPSA) is 75.7 Å². The molecule has 26 heavy (non-hydrogen) atoms. The molecule has 2 aromatic carbocycles. The van der Waals surface area contributed by atoms with Gasteiger partial charge in [-0.1, -0.05) is 29.8 Å². The summed E-state index contributed by atoms with van der Waals surface area (Å²) in [6.45, 7) is 3.83. The van der Waals surface area contributed by atoms with Crippen LogP contribution in [-0.4, -0.2) is 34.7 Å². The van der Waals surface area contributed by atoms with Gasteiger partial charge in [-0.25, -0.2) is 8.42 Å². The van der Waals surface area contributed by atoms with Crippen LogP contribution in [0, 0.1) is 6.92 Å².